The highest BCUT2D eigenvalue weighted by atomic mass is 32.2. The van der Waals surface area contributed by atoms with Crippen LogP contribution in [-0.2, 0) is 14.3 Å². The van der Waals surface area contributed by atoms with E-state index in [9.17, 15) is 9.59 Å². The molecule has 4 nitrogen and oxygen atoms in total. The predicted molar refractivity (Wildman–Crippen MR) is 107 cm³/mol. The Morgan fingerprint density at radius 3 is 2.38 bits per heavy atom. The van der Waals surface area contributed by atoms with Gasteiger partial charge in [-0.2, -0.15) is 0 Å². The van der Waals surface area contributed by atoms with E-state index in [1.54, 1.807) is 0 Å². The number of thioether (sulfide) groups is 2. The van der Waals surface area contributed by atoms with Gasteiger partial charge >= 0.3 is 5.97 Å². The van der Waals surface area contributed by atoms with Crippen LogP contribution in [0.2, 0.25) is 0 Å². The molecular weight excluding hydrogens is 366 g/mol. The van der Waals surface area contributed by atoms with Crippen LogP contribution in [0.5, 0.6) is 0 Å². The fraction of sp³-hybridized carbons (Fsp3) is 0.600. The van der Waals surface area contributed by atoms with Crippen molar-refractivity contribution in [3.8, 4) is 0 Å². The van der Waals surface area contributed by atoms with Crippen molar-refractivity contribution in [2.24, 2.45) is 17.8 Å². The standard InChI is InChI=1S/C20H25NO3S2/c22-18(21-17-7-2-1-3-8-17)13-24-19(23)14-11-15-5-4-6-16(12-14)20(15)25-9-10-26-20/h1-3,7-8,14-16H,4-6,9-13H2,(H,21,22)/t14?,15-,16+. The summed E-state index contributed by atoms with van der Waals surface area (Å²) >= 11 is 4.28. The number of hydrogen-bond acceptors (Lipinski definition) is 5. The zero-order chi connectivity index (χ0) is 18.0. The number of hydrogen-bond donors (Lipinski definition) is 1. The Kier molecular flexibility index (Phi) is 5.50. The topological polar surface area (TPSA) is 55.4 Å². The monoisotopic (exact) mass is 391 g/mol. The van der Waals surface area contributed by atoms with Gasteiger partial charge in [-0.25, -0.2) is 0 Å². The molecule has 3 aliphatic rings. The molecule has 1 spiro atoms. The van der Waals surface area contributed by atoms with Gasteiger partial charge in [0.2, 0.25) is 0 Å². The maximum atomic E-state index is 12.6. The second kappa shape index (κ2) is 7.85. The van der Waals surface area contributed by atoms with Gasteiger partial charge in [-0.15, -0.1) is 23.5 Å². The van der Waals surface area contributed by atoms with Crippen molar-refractivity contribution in [3.63, 3.8) is 0 Å². The fourth-order valence-corrected chi connectivity index (χ4v) is 8.71. The molecule has 0 aromatic heterocycles. The second-order valence-electron chi connectivity index (χ2n) is 7.43. The quantitative estimate of drug-likeness (QED) is 0.781. The van der Waals surface area contributed by atoms with Crippen LogP contribution in [0.15, 0.2) is 30.3 Å². The summed E-state index contributed by atoms with van der Waals surface area (Å²) in [6, 6.07) is 9.24. The molecule has 1 saturated heterocycles. The number of esters is 1. The van der Waals surface area contributed by atoms with Gasteiger partial charge in [0.15, 0.2) is 6.61 Å². The normalized spacial score (nSPS) is 29.3. The lowest BCUT2D eigenvalue weighted by Gasteiger charge is -2.51. The molecule has 1 aromatic rings. The van der Waals surface area contributed by atoms with E-state index in [1.807, 2.05) is 30.3 Å². The highest BCUT2D eigenvalue weighted by molar-refractivity contribution is 8.21. The molecule has 3 fully saturated rings. The summed E-state index contributed by atoms with van der Waals surface area (Å²) in [6.07, 6.45) is 5.61. The number of rotatable bonds is 4. The van der Waals surface area contributed by atoms with Crippen molar-refractivity contribution in [1.29, 1.82) is 0 Å². The SMILES string of the molecule is O=C(COC(=O)C1C[C@H]2CCC[C@@H](C1)C21SCCS1)Nc1ccccc1. The summed E-state index contributed by atoms with van der Waals surface area (Å²) in [5.41, 5.74) is 0.720. The first-order chi connectivity index (χ1) is 12.7. The predicted octanol–water partition coefficient (Wildman–Crippen LogP) is 4.17. The van der Waals surface area contributed by atoms with Crippen LogP contribution >= 0.6 is 23.5 Å². The smallest absolute Gasteiger partial charge is 0.309 e. The van der Waals surface area contributed by atoms with Gasteiger partial charge in [0.1, 0.15) is 0 Å². The number of nitrogens with one attached hydrogen (secondary N) is 1. The van der Waals surface area contributed by atoms with Crippen molar-refractivity contribution in [2.75, 3.05) is 23.4 Å². The van der Waals surface area contributed by atoms with Crippen molar-refractivity contribution in [3.05, 3.63) is 30.3 Å². The zero-order valence-electron chi connectivity index (χ0n) is 14.8. The number of amides is 1. The summed E-state index contributed by atoms with van der Waals surface area (Å²) in [4.78, 5) is 24.6. The van der Waals surface area contributed by atoms with E-state index in [0.717, 1.165) is 18.5 Å². The lowest BCUT2D eigenvalue weighted by molar-refractivity contribution is -0.154. The average Bonchev–Trinajstić information content (AvgIpc) is 3.10. The lowest BCUT2D eigenvalue weighted by atomic mass is 9.67. The molecule has 6 heteroatoms. The summed E-state index contributed by atoms with van der Waals surface area (Å²) in [7, 11) is 0. The third-order valence-electron chi connectivity index (χ3n) is 5.86. The van der Waals surface area contributed by atoms with Crippen LogP contribution in [-0.4, -0.2) is 34.1 Å². The van der Waals surface area contributed by atoms with Gasteiger partial charge in [0.05, 0.1) is 10.00 Å². The van der Waals surface area contributed by atoms with Gasteiger partial charge in [-0.1, -0.05) is 24.6 Å². The first kappa shape index (κ1) is 18.2. The minimum atomic E-state index is -0.279. The molecule has 3 atom stereocenters. The minimum absolute atomic E-state index is 0.0396. The van der Waals surface area contributed by atoms with Crippen molar-refractivity contribution in [2.45, 2.75) is 36.2 Å². The Balaban J connectivity index is 1.31. The van der Waals surface area contributed by atoms with Gasteiger partial charge < -0.3 is 10.1 Å². The van der Waals surface area contributed by atoms with E-state index >= 15 is 0 Å². The van der Waals surface area contributed by atoms with Crippen LogP contribution in [0.3, 0.4) is 0 Å². The maximum Gasteiger partial charge on any atom is 0.309 e. The zero-order valence-corrected chi connectivity index (χ0v) is 16.4. The van der Waals surface area contributed by atoms with E-state index in [2.05, 4.69) is 28.8 Å². The largest absolute Gasteiger partial charge is 0.455 e. The van der Waals surface area contributed by atoms with Crippen molar-refractivity contribution in [1.82, 2.24) is 0 Å². The van der Waals surface area contributed by atoms with Crippen LogP contribution in [0, 0.1) is 17.8 Å². The average molecular weight is 392 g/mol. The number of carbonyl (C=O) groups is 2. The Morgan fingerprint density at radius 2 is 1.73 bits per heavy atom. The molecule has 1 unspecified atom stereocenters. The summed E-state index contributed by atoms with van der Waals surface area (Å²) < 4.78 is 5.73. The molecule has 1 N–H and O–H groups in total. The molecule has 0 radical (unpaired) electrons. The van der Waals surface area contributed by atoms with E-state index in [1.165, 1.54) is 30.8 Å². The summed E-state index contributed by atoms with van der Waals surface area (Å²) in [5.74, 6) is 3.21. The van der Waals surface area contributed by atoms with Gasteiger partial charge in [-0.3, -0.25) is 9.59 Å². The third-order valence-corrected chi connectivity index (χ3v) is 9.87. The molecule has 1 heterocycles. The van der Waals surface area contributed by atoms with Crippen molar-refractivity contribution < 1.29 is 14.3 Å². The molecule has 26 heavy (non-hydrogen) atoms. The molecule has 1 aromatic carbocycles. The van der Waals surface area contributed by atoms with Gasteiger partial charge in [-0.05, 0) is 49.7 Å². The van der Waals surface area contributed by atoms with Crippen LogP contribution in [0.25, 0.3) is 0 Å². The van der Waals surface area contributed by atoms with E-state index in [-0.39, 0.29) is 24.4 Å². The van der Waals surface area contributed by atoms with E-state index < -0.39 is 0 Å². The summed E-state index contributed by atoms with van der Waals surface area (Å²) in [6.45, 7) is -0.200. The van der Waals surface area contributed by atoms with Gasteiger partial charge in [0, 0.05) is 17.2 Å². The van der Waals surface area contributed by atoms with Crippen LogP contribution in [0.4, 0.5) is 5.69 Å². The number of ether oxygens (including phenoxy) is 1. The van der Waals surface area contributed by atoms with Crippen molar-refractivity contribution >= 4 is 41.1 Å². The Morgan fingerprint density at radius 1 is 1.08 bits per heavy atom. The highest BCUT2D eigenvalue weighted by Gasteiger charge is 2.55. The Labute approximate surface area is 163 Å². The first-order valence-electron chi connectivity index (χ1n) is 9.47. The molecule has 4 rings (SSSR count). The molecule has 2 bridgehead atoms. The minimum Gasteiger partial charge on any atom is -0.455 e. The van der Waals surface area contributed by atoms with E-state index in [0.29, 0.717) is 15.9 Å². The number of carbonyl (C=O) groups excluding carboxylic acids is 2. The van der Waals surface area contributed by atoms with Gasteiger partial charge in [0.25, 0.3) is 5.91 Å². The Hall–Kier alpha value is -1.14. The van der Waals surface area contributed by atoms with Crippen LogP contribution < -0.4 is 5.32 Å². The molecule has 140 valence electrons. The molecule has 2 aliphatic carbocycles. The fourth-order valence-electron chi connectivity index (χ4n) is 4.77. The number of anilines is 1. The maximum absolute atomic E-state index is 12.6. The number of benzene rings is 1. The molecule has 1 aliphatic heterocycles. The highest BCUT2D eigenvalue weighted by Crippen LogP contribution is 2.64. The molecule has 2 saturated carbocycles. The van der Waals surface area contributed by atoms with Crippen LogP contribution in [0.1, 0.15) is 32.1 Å². The number of para-hydroxylation sites is 1. The first-order valence-corrected chi connectivity index (χ1v) is 11.4. The van der Waals surface area contributed by atoms with E-state index in [4.69, 9.17) is 4.74 Å². The Bertz CT molecular complexity index is 644. The lowest BCUT2D eigenvalue weighted by Crippen LogP contribution is -2.48. The molecule has 1 amide bonds. The second-order valence-corrected chi connectivity index (χ2v) is 10.4. The summed E-state index contributed by atoms with van der Waals surface area (Å²) in [5, 5.41) is 2.76. The molecular formula is C20H25NO3S2. The third kappa shape index (κ3) is 3.63.